The number of ketones is 1. The van der Waals surface area contributed by atoms with E-state index in [-0.39, 0.29) is 11.3 Å². The molecule has 0 aliphatic rings. The Morgan fingerprint density at radius 2 is 1.78 bits per heavy atom. The Balaban J connectivity index is 2.38. The van der Waals surface area contributed by atoms with Gasteiger partial charge < -0.3 is 0 Å². The highest BCUT2D eigenvalue weighted by Crippen LogP contribution is 2.16. The van der Waals surface area contributed by atoms with Crippen molar-refractivity contribution in [3.63, 3.8) is 0 Å². The van der Waals surface area contributed by atoms with E-state index in [4.69, 9.17) is 0 Å². The lowest BCUT2D eigenvalue weighted by molar-refractivity contribution is 0.103. The number of rotatable bonds is 3. The number of halogens is 1. The van der Waals surface area contributed by atoms with Crippen molar-refractivity contribution >= 4 is 5.78 Å². The van der Waals surface area contributed by atoms with Gasteiger partial charge in [0.15, 0.2) is 5.78 Å². The maximum Gasteiger partial charge on any atom is 0.195 e. The van der Waals surface area contributed by atoms with Gasteiger partial charge in [-0.05, 0) is 31.0 Å². The Hall–Kier alpha value is -1.96. The van der Waals surface area contributed by atoms with E-state index in [0.29, 0.717) is 5.56 Å². The molecule has 0 amide bonds. The van der Waals surface area contributed by atoms with E-state index in [9.17, 15) is 9.18 Å². The summed E-state index contributed by atoms with van der Waals surface area (Å²) in [5.74, 6) is -0.732. The van der Waals surface area contributed by atoms with Gasteiger partial charge in [-0.25, -0.2) is 4.39 Å². The molecule has 2 heteroatoms. The summed E-state index contributed by atoms with van der Waals surface area (Å²) in [6.45, 7) is 3.90. The number of benzene rings is 2. The van der Waals surface area contributed by atoms with Crippen molar-refractivity contribution in [2.75, 3.05) is 0 Å². The van der Waals surface area contributed by atoms with Gasteiger partial charge in [-0.15, -0.1) is 0 Å². The summed E-state index contributed by atoms with van der Waals surface area (Å²) in [4.78, 5) is 12.2. The predicted molar refractivity (Wildman–Crippen MR) is 70.4 cm³/mol. The third-order valence-electron chi connectivity index (χ3n) is 2.99. The number of carbonyl (C=O) groups is 1. The molecule has 0 saturated heterocycles. The molecule has 0 heterocycles. The fourth-order valence-corrected chi connectivity index (χ4v) is 1.86. The molecular weight excluding hydrogens is 227 g/mol. The summed E-state index contributed by atoms with van der Waals surface area (Å²) in [7, 11) is 0. The van der Waals surface area contributed by atoms with E-state index in [2.05, 4.69) is 6.92 Å². The average Bonchev–Trinajstić information content (AvgIpc) is 2.41. The molecule has 0 bridgehead atoms. The maximum atomic E-state index is 13.6. The summed E-state index contributed by atoms with van der Waals surface area (Å²) in [5.41, 5.74) is 2.71. The van der Waals surface area contributed by atoms with Gasteiger partial charge in [0, 0.05) is 5.56 Å². The molecule has 18 heavy (non-hydrogen) atoms. The first-order valence-corrected chi connectivity index (χ1v) is 6.01. The SMILES string of the molecule is CCc1ccc(C(=O)c2cc(C)ccc2F)cc1. The summed E-state index contributed by atoms with van der Waals surface area (Å²) in [6, 6.07) is 11.9. The van der Waals surface area contributed by atoms with Crippen molar-refractivity contribution in [1.29, 1.82) is 0 Å². The van der Waals surface area contributed by atoms with Crippen LogP contribution in [0.5, 0.6) is 0 Å². The summed E-state index contributed by atoms with van der Waals surface area (Å²) < 4.78 is 13.6. The zero-order valence-electron chi connectivity index (χ0n) is 10.5. The van der Waals surface area contributed by atoms with Crippen LogP contribution in [0.2, 0.25) is 0 Å². The van der Waals surface area contributed by atoms with Crippen LogP contribution in [0.15, 0.2) is 42.5 Å². The van der Waals surface area contributed by atoms with Crippen molar-refractivity contribution in [3.8, 4) is 0 Å². The van der Waals surface area contributed by atoms with Gasteiger partial charge in [0.25, 0.3) is 0 Å². The molecule has 0 unspecified atom stereocenters. The van der Waals surface area contributed by atoms with E-state index in [1.165, 1.54) is 6.07 Å². The first-order valence-electron chi connectivity index (χ1n) is 6.01. The molecule has 0 saturated carbocycles. The second-order valence-electron chi connectivity index (χ2n) is 4.36. The minimum Gasteiger partial charge on any atom is -0.288 e. The van der Waals surface area contributed by atoms with Crippen LogP contribution in [-0.2, 0) is 6.42 Å². The zero-order chi connectivity index (χ0) is 13.1. The Bertz CT molecular complexity index is 570. The lowest BCUT2D eigenvalue weighted by Gasteiger charge is -2.05. The second kappa shape index (κ2) is 5.13. The minimum absolute atomic E-state index is 0.138. The fourth-order valence-electron chi connectivity index (χ4n) is 1.86. The Morgan fingerprint density at radius 1 is 1.11 bits per heavy atom. The molecule has 0 N–H and O–H groups in total. The molecule has 0 spiro atoms. The summed E-state index contributed by atoms with van der Waals surface area (Å²) in [6.07, 6.45) is 0.924. The standard InChI is InChI=1S/C16H15FO/c1-3-12-5-7-13(8-6-12)16(18)14-10-11(2)4-9-15(14)17/h4-10H,3H2,1-2H3. The molecule has 0 atom stereocenters. The zero-order valence-corrected chi connectivity index (χ0v) is 10.5. The molecule has 0 fully saturated rings. The normalized spacial score (nSPS) is 10.4. The van der Waals surface area contributed by atoms with Crippen LogP contribution in [0.3, 0.4) is 0 Å². The molecule has 0 aliphatic heterocycles. The van der Waals surface area contributed by atoms with Gasteiger partial charge in [0.2, 0.25) is 0 Å². The highest BCUT2D eigenvalue weighted by atomic mass is 19.1. The van der Waals surface area contributed by atoms with Crippen LogP contribution >= 0.6 is 0 Å². The van der Waals surface area contributed by atoms with Crippen LogP contribution < -0.4 is 0 Å². The summed E-state index contributed by atoms with van der Waals surface area (Å²) in [5, 5.41) is 0. The molecule has 1 nitrogen and oxygen atoms in total. The molecule has 2 aromatic carbocycles. The fraction of sp³-hybridized carbons (Fsp3) is 0.188. The Morgan fingerprint density at radius 3 is 2.39 bits per heavy atom. The number of aryl methyl sites for hydroxylation is 2. The smallest absolute Gasteiger partial charge is 0.195 e. The van der Waals surface area contributed by atoms with Crippen LogP contribution in [0.25, 0.3) is 0 Å². The van der Waals surface area contributed by atoms with Gasteiger partial charge in [0.1, 0.15) is 5.82 Å². The van der Waals surface area contributed by atoms with Crippen LogP contribution in [0.1, 0.15) is 34.0 Å². The molecule has 2 rings (SSSR count). The van der Waals surface area contributed by atoms with Crippen LogP contribution in [-0.4, -0.2) is 5.78 Å². The lowest BCUT2D eigenvalue weighted by Crippen LogP contribution is -2.04. The van der Waals surface area contributed by atoms with Crippen molar-refractivity contribution in [3.05, 3.63) is 70.5 Å². The first-order chi connectivity index (χ1) is 8.61. The Labute approximate surface area is 106 Å². The van der Waals surface area contributed by atoms with Crippen molar-refractivity contribution < 1.29 is 9.18 Å². The van der Waals surface area contributed by atoms with Crippen LogP contribution in [0.4, 0.5) is 4.39 Å². The first kappa shape index (κ1) is 12.5. The molecule has 2 aromatic rings. The second-order valence-corrected chi connectivity index (χ2v) is 4.36. The highest BCUT2D eigenvalue weighted by Gasteiger charge is 2.13. The summed E-state index contributed by atoms with van der Waals surface area (Å²) >= 11 is 0. The van der Waals surface area contributed by atoms with Gasteiger partial charge in [-0.1, -0.05) is 42.8 Å². The number of carbonyl (C=O) groups excluding carboxylic acids is 1. The monoisotopic (exact) mass is 242 g/mol. The van der Waals surface area contributed by atoms with Gasteiger partial charge in [-0.2, -0.15) is 0 Å². The molecular formula is C16H15FO. The molecule has 0 aromatic heterocycles. The van der Waals surface area contributed by atoms with E-state index in [0.717, 1.165) is 17.5 Å². The van der Waals surface area contributed by atoms with E-state index in [1.807, 2.05) is 19.1 Å². The average molecular weight is 242 g/mol. The van der Waals surface area contributed by atoms with Crippen molar-refractivity contribution in [1.82, 2.24) is 0 Å². The van der Waals surface area contributed by atoms with Crippen molar-refractivity contribution in [2.24, 2.45) is 0 Å². The number of hydrogen-bond donors (Lipinski definition) is 0. The minimum atomic E-state index is -0.467. The third-order valence-corrected chi connectivity index (χ3v) is 2.99. The van der Waals surface area contributed by atoms with Gasteiger partial charge in [0.05, 0.1) is 5.56 Å². The van der Waals surface area contributed by atoms with E-state index in [1.54, 1.807) is 24.3 Å². The molecule has 0 radical (unpaired) electrons. The van der Waals surface area contributed by atoms with Crippen molar-refractivity contribution in [2.45, 2.75) is 20.3 Å². The topological polar surface area (TPSA) is 17.1 Å². The lowest BCUT2D eigenvalue weighted by atomic mass is 10.00. The maximum absolute atomic E-state index is 13.6. The Kier molecular flexibility index (Phi) is 3.56. The van der Waals surface area contributed by atoms with Gasteiger partial charge >= 0.3 is 0 Å². The van der Waals surface area contributed by atoms with Crippen LogP contribution in [0, 0.1) is 12.7 Å². The van der Waals surface area contributed by atoms with E-state index < -0.39 is 5.82 Å². The largest absolute Gasteiger partial charge is 0.288 e. The predicted octanol–water partition coefficient (Wildman–Crippen LogP) is 3.93. The van der Waals surface area contributed by atoms with E-state index >= 15 is 0 Å². The molecule has 92 valence electrons. The number of hydrogen-bond acceptors (Lipinski definition) is 1. The quantitative estimate of drug-likeness (QED) is 0.745. The highest BCUT2D eigenvalue weighted by molar-refractivity contribution is 6.09. The third kappa shape index (κ3) is 2.48. The molecule has 0 aliphatic carbocycles. The van der Waals surface area contributed by atoms with Gasteiger partial charge in [-0.3, -0.25) is 4.79 Å².